The molecule has 21 heavy (non-hydrogen) atoms. The summed E-state index contributed by atoms with van der Waals surface area (Å²) < 4.78 is 1.25. The van der Waals surface area contributed by atoms with Gasteiger partial charge in [0.25, 0.3) is 0 Å². The number of allylic oxidation sites excluding steroid dienone is 1. The number of H-pyrrole nitrogens is 1. The van der Waals surface area contributed by atoms with Crippen LogP contribution in [0.25, 0.3) is 44.2 Å². The van der Waals surface area contributed by atoms with Gasteiger partial charge < -0.3 is 4.98 Å². The van der Waals surface area contributed by atoms with Gasteiger partial charge in [0.05, 0.1) is 15.7 Å². The average Bonchev–Trinajstić information content (AvgIpc) is 3.06. The molecule has 3 aromatic heterocycles. The Morgan fingerprint density at radius 1 is 1.24 bits per heavy atom. The Bertz CT molecular complexity index is 1020. The second-order valence-corrected chi connectivity index (χ2v) is 6.03. The van der Waals surface area contributed by atoms with Gasteiger partial charge in [-0.05, 0) is 13.0 Å². The molecule has 3 heterocycles. The molecule has 0 unspecified atom stereocenters. The number of nitrogens with one attached hydrogen (secondary N) is 1. The number of nitrogens with zero attached hydrogens (tertiary/aromatic N) is 1. The van der Waals surface area contributed by atoms with Gasteiger partial charge in [0.15, 0.2) is 0 Å². The lowest BCUT2D eigenvalue weighted by molar-refractivity contribution is 1.46. The number of benzene rings is 1. The van der Waals surface area contributed by atoms with Gasteiger partial charge in [-0.3, -0.25) is 4.98 Å². The van der Waals surface area contributed by atoms with Gasteiger partial charge in [-0.2, -0.15) is 0 Å². The van der Waals surface area contributed by atoms with Gasteiger partial charge in [0, 0.05) is 32.9 Å². The summed E-state index contributed by atoms with van der Waals surface area (Å²) in [7, 11) is 0. The molecular formula is C18H14N2S. The van der Waals surface area contributed by atoms with E-state index in [1.807, 2.05) is 25.3 Å². The number of pyridine rings is 1. The first kappa shape index (κ1) is 12.4. The van der Waals surface area contributed by atoms with Crippen LogP contribution >= 0.6 is 11.3 Å². The first-order valence-electron chi connectivity index (χ1n) is 6.90. The van der Waals surface area contributed by atoms with Crippen LogP contribution in [0.15, 0.2) is 43.1 Å². The SMILES string of the molecule is C=Cc1sc2c(cnc3c4ccccc4[nH]c32)c1/C=C\C. The Balaban J connectivity index is 2.21. The zero-order valence-corrected chi connectivity index (χ0v) is 12.5. The van der Waals surface area contributed by atoms with E-state index in [1.165, 1.54) is 25.9 Å². The van der Waals surface area contributed by atoms with E-state index in [1.54, 1.807) is 11.3 Å². The Morgan fingerprint density at radius 2 is 2.10 bits per heavy atom. The van der Waals surface area contributed by atoms with Gasteiger partial charge in [0.2, 0.25) is 0 Å². The van der Waals surface area contributed by atoms with Crippen LogP contribution < -0.4 is 0 Å². The van der Waals surface area contributed by atoms with E-state index >= 15 is 0 Å². The van der Waals surface area contributed by atoms with E-state index in [2.05, 4.69) is 41.9 Å². The lowest BCUT2D eigenvalue weighted by Gasteiger charge is -1.95. The quantitative estimate of drug-likeness (QED) is 0.511. The summed E-state index contributed by atoms with van der Waals surface area (Å²) in [5, 5.41) is 2.36. The summed E-state index contributed by atoms with van der Waals surface area (Å²) in [6.07, 6.45) is 8.10. The van der Waals surface area contributed by atoms with Gasteiger partial charge in [-0.1, -0.05) is 43.0 Å². The van der Waals surface area contributed by atoms with Crippen LogP contribution in [0.3, 0.4) is 0 Å². The molecule has 3 heteroatoms. The van der Waals surface area contributed by atoms with Crippen LogP contribution in [0.1, 0.15) is 17.4 Å². The third-order valence-electron chi connectivity index (χ3n) is 3.76. The Labute approximate surface area is 126 Å². The number of thiophene rings is 1. The molecule has 0 fully saturated rings. The molecule has 1 N–H and O–H groups in total. The maximum atomic E-state index is 4.70. The fraction of sp³-hybridized carbons (Fsp3) is 0.0556. The molecule has 0 amide bonds. The van der Waals surface area contributed by atoms with Crippen molar-refractivity contribution in [2.75, 3.05) is 0 Å². The number of hydrogen-bond donors (Lipinski definition) is 1. The summed E-state index contributed by atoms with van der Waals surface area (Å²) in [5.41, 5.74) is 4.51. The highest BCUT2D eigenvalue weighted by molar-refractivity contribution is 7.21. The van der Waals surface area contributed by atoms with Crippen molar-refractivity contribution >= 4 is 55.5 Å². The van der Waals surface area contributed by atoms with Crippen molar-refractivity contribution in [2.45, 2.75) is 6.92 Å². The molecule has 0 aliphatic carbocycles. The monoisotopic (exact) mass is 290 g/mol. The van der Waals surface area contributed by atoms with E-state index in [4.69, 9.17) is 4.98 Å². The third kappa shape index (κ3) is 1.68. The van der Waals surface area contributed by atoms with Crippen molar-refractivity contribution in [1.82, 2.24) is 9.97 Å². The second kappa shape index (κ2) is 4.57. The molecule has 0 radical (unpaired) electrons. The van der Waals surface area contributed by atoms with Crippen LogP contribution in [-0.2, 0) is 0 Å². The van der Waals surface area contributed by atoms with Crippen molar-refractivity contribution in [3.63, 3.8) is 0 Å². The van der Waals surface area contributed by atoms with Gasteiger partial charge in [-0.15, -0.1) is 11.3 Å². The first-order valence-corrected chi connectivity index (χ1v) is 7.72. The molecule has 0 aliphatic heterocycles. The van der Waals surface area contributed by atoms with E-state index in [0.717, 1.165) is 16.6 Å². The summed E-state index contributed by atoms with van der Waals surface area (Å²) in [4.78, 5) is 9.40. The third-order valence-corrected chi connectivity index (χ3v) is 4.99. The van der Waals surface area contributed by atoms with Gasteiger partial charge in [-0.25, -0.2) is 0 Å². The predicted molar refractivity (Wildman–Crippen MR) is 93.8 cm³/mol. The average molecular weight is 290 g/mol. The maximum absolute atomic E-state index is 4.70. The van der Waals surface area contributed by atoms with Crippen LogP contribution in [-0.4, -0.2) is 9.97 Å². The molecule has 102 valence electrons. The van der Waals surface area contributed by atoms with E-state index in [9.17, 15) is 0 Å². The van der Waals surface area contributed by atoms with Gasteiger partial charge in [0.1, 0.15) is 0 Å². The largest absolute Gasteiger partial charge is 0.352 e. The van der Waals surface area contributed by atoms with E-state index in [0.29, 0.717) is 0 Å². The summed E-state index contributed by atoms with van der Waals surface area (Å²) in [6, 6.07) is 8.31. The molecule has 1 aromatic carbocycles. The van der Waals surface area contributed by atoms with Crippen LogP contribution in [0.4, 0.5) is 0 Å². The molecule has 0 spiro atoms. The highest BCUT2D eigenvalue weighted by Gasteiger charge is 2.14. The molecule has 0 aliphatic rings. The zero-order valence-electron chi connectivity index (χ0n) is 11.7. The highest BCUT2D eigenvalue weighted by Crippen LogP contribution is 2.38. The second-order valence-electron chi connectivity index (χ2n) is 4.98. The van der Waals surface area contributed by atoms with Crippen molar-refractivity contribution in [1.29, 1.82) is 0 Å². The standard InChI is InChI=1S/C18H14N2S/c1-3-7-11-13-10-19-16-12-8-5-6-9-14(12)20-17(16)18(13)21-15(11)4-2/h3-10,20H,2H2,1H3/b7-3-. The Morgan fingerprint density at radius 3 is 2.90 bits per heavy atom. The molecule has 4 aromatic rings. The minimum atomic E-state index is 1.04. The number of rotatable bonds is 2. The smallest absolute Gasteiger partial charge is 0.0972 e. The molecule has 0 saturated heterocycles. The highest BCUT2D eigenvalue weighted by atomic mass is 32.1. The maximum Gasteiger partial charge on any atom is 0.0972 e. The number of fused-ring (bicyclic) bond motifs is 5. The molecule has 0 saturated carbocycles. The van der Waals surface area contributed by atoms with Crippen molar-refractivity contribution in [3.8, 4) is 0 Å². The fourth-order valence-electron chi connectivity index (χ4n) is 2.83. The van der Waals surface area contributed by atoms with Crippen molar-refractivity contribution in [2.24, 2.45) is 0 Å². The van der Waals surface area contributed by atoms with Crippen LogP contribution in [0.2, 0.25) is 0 Å². The number of para-hydroxylation sites is 1. The topological polar surface area (TPSA) is 28.7 Å². The van der Waals surface area contributed by atoms with E-state index < -0.39 is 0 Å². The molecular weight excluding hydrogens is 276 g/mol. The Kier molecular flexibility index (Phi) is 2.69. The van der Waals surface area contributed by atoms with Gasteiger partial charge >= 0.3 is 0 Å². The molecule has 2 nitrogen and oxygen atoms in total. The lowest BCUT2D eigenvalue weighted by atomic mass is 10.1. The summed E-state index contributed by atoms with van der Waals surface area (Å²) in [6.45, 7) is 5.97. The minimum absolute atomic E-state index is 1.04. The number of hydrogen-bond acceptors (Lipinski definition) is 2. The predicted octanol–water partition coefficient (Wildman–Crippen LogP) is 5.61. The number of aromatic amines is 1. The summed E-state index contributed by atoms with van der Waals surface area (Å²) in [5.74, 6) is 0. The normalized spacial score (nSPS) is 12.0. The lowest BCUT2D eigenvalue weighted by Crippen LogP contribution is -1.77. The number of aromatic nitrogens is 2. The van der Waals surface area contributed by atoms with Crippen LogP contribution in [0, 0.1) is 0 Å². The fourth-order valence-corrected chi connectivity index (χ4v) is 3.95. The van der Waals surface area contributed by atoms with Crippen molar-refractivity contribution < 1.29 is 0 Å². The zero-order chi connectivity index (χ0) is 14.4. The molecule has 0 bridgehead atoms. The van der Waals surface area contributed by atoms with Crippen molar-refractivity contribution in [3.05, 3.63) is 53.6 Å². The summed E-state index contributed by atoms with van der Waals surface area (Å²) >= 11 is 1.77. The minimum Gasteiger partial charge on any atom is -0.352 e. The van der Waals surface area contributed by atoms with Crippen LogP contribution in [0.5, 0.6) is 0 Å². The van der Waals surface area contributed by atoms with E-state index in [-0.39, 0.29) is 0 Å². The molecule has 0 atom stereocenters. The molecule has 4 rings (SSSR count). The first-order chi connectivity index (χ1) is 10.3. The Hall–Kier alpha value is -2.39.